The van der Waals surface area contributed by atoms with Gasteiger partial charge in [-0.2, -0.15) is 0 Å². The Hall–Kier alpha value is -3.19. The third-order valence-electron chi connectivity index (χ3n) is 6.40. The fourth-order valence-electron chi connectivity index (χ4n) is 4.54. The first-order chi connectivity index (χ1) is 15.0. The molecule has 0 spiro atoms. The third kappa shape index (κ3) is 3.29. The molecule has 2 fully saturated rings. The van der Waals surface area contributed by atoms with Crippen molar-refractivity contribution in [3.8, 4) is 17.0 Å². The zero-order chi connectivity index (χ0) is 21.1. The Bertz CT molecular complexity index is 1310. The van der Waals surface area contributed by atoms with Crippen molar-refractivity contribution in [2.45, 2.75) is 45.2 Å². The number of aryl methyl sites for hydroxylation is 2. The highest BCUT2D eigenvalue weighted by Crippen LogP contribution is 2.37. The van der Waals surface area contributed by atoms with E-state index in [1.165, 1.54) is 12.8 Å². The second kappa shape index (κ2) is 6.92. The Morgan fingerprint density at radius 3 is 2.81 bits per heavy atom. The number of fused-ring (bicyclic) bond motifs is 2. The summed E-state index contributed by atoms with van der Waals surface area (Å²) < 4.78 is 5.69. The fraction of sp³-hybridized carbons (Fsp3) is 0.375. The maximum absolute atomic E-state index is 10.8. The molecule has 2 aliphatic rings. The van der Waals surface area contributed by atoms with Gasteiger partial charge in [-0.25, -0.2) is 15.0 Å². The number of nitrogens with one attached hydrogen (secondary N) is 1. The number of oxazole rings is 1. The van der Waals surface area contributed by atoms with E-state index in [1.54, 1.807) is 6.92 Å². The van der Waals surface area contributed by atoms with Crippen LogP contribution in [-0.4, -0.2) is 45.2 Å². The average molecular weight is 415 g/mol. The Balaban J connectivity index is 1.32. The summed E-state index contributed by atoms with van der Waals surface area (Å²) in [5.74, 6) is 1.76. The Morgan fingerprint density at radius 1 is 1.10 bits per heavy atom. The molecule has 4 heterocycles. The number of rotatable bonds is 4. The van der Waals surface area contributed by atoms with Gasteiger partial charge in [-0.15, -0.1) is 0 Å². The second-order valence-corrected chi connectivity index (χ2v) is 8.78. The van der Waals surface area contributed by atoms with Crippen LogP contribution in [0.4, 0.5) is 5.82 Å². The van der Waals surface area contributed by atoms with E-state index in [4.69, 9.17) is 14.4 Å². The molecule has 158 valence electrons. The monoisotopic (exact) mass is 415 g/mol. The molecule has 1 unspecified atom stereocenters. The quantitative estimate of drug-likeness (QED) is 0.519. The van der Waals surface area contributed by atoms with Crippen molar-refractivity contribution < 1.29 is 9.52 Å². The maximum atomic E-state index is 10.8. The summed E-state index contributed by atoms with van der Waals surface area (Å²) in [5, 5.41) is 15.5. The molecule has 0 bridgehead atoms. The molecule has 4 aromatic rings. The molecule has 1 saturated carbocycles. The topological polar surface area (TPSA) is 87.3 Å². The first-order valence-electron chi connectivity index (χ1n) is 10.9. The number of pyridine rings is 2. The Labute approximate surface area is 180 Å². The fourth-order valence-corrected chi connectivity index (χ4v) is 4.54. The van der Waals surface area contributed by atoms with E-state index >= 15 is 0 Å². The van der Waals surface area contributed by atoms with Crippen LogP contribution in [0.15, 0.2) is 34.9 Å². The van der Waals surface area contributed by atoms with Crippen LogP contribution in [0.5, 0.6) is 5.75 Å². The van der Waals surface area contributed by atoms with Crippen molar-refractivity contribution >= 4 is 27.8 Å². The van der Waals surface area contributed by atoms with Crippen LogP contribution in [0.2, 0.25) is 0 Å². The number of nitrogens with zero attached hydrogens (tertiary/aromatic N) is 4. The van der Waals surface area contributed by atoms with Gasteiger partial charge in [-0.1, -0.05) is 6.07 Å². The predicted molar refractivity (Wildman–Crippen MR) is 120 cm³/mol. The van der Waals surface area contributed by atoms with Crippen molar-refractivity contribution in [2.24, 2.45) is 0 Å². The molecule has 7 heteroatoms. The van der Waals surface area contributed by atoms with E-state index in [9.17, 15) is 5.11 Å². The van der Waals surface area contributed by atoms with E-state index in [1.807, 2.05) is 31.3 Å². The number of phenols is 1. The van der Waals surface area contributed by atoms with Gasteiger partial charge in [0.25, 0.3) is 0 Å². The average Bonchev–Trinajstić information content (AvgIpc) is 3.32. The van der Waals surface area contributed by atoms with Crippen molar-refractivity contribution in [1.82, 2.24) is 20.3 Å². The van der Waals surface area contributed by atoms with Gasteiger partial charge in [0, 0.05) is 48.6 Å². The van der Waals surface area contributed by atoms with Crippen LogP contribution < -0.4 is 10.2 Å². The lowest BCUT2D eigenvalue weighted by Crippen LogP contribution is -2.34. The lowest BCUT2D eigenvalue weighted by molar-refractivity contribution is 0.473. The van der Waals surface area contributed by atoms with Gasteiger partial charge in [-0.3, -0.25) is 0 Å². The minimum atomic E-state index is 0.184. The zero-order valence-corrected chi connectivity index (χ0v) is 17.7. The van der Waals surface area contributed by atoms with Crippen LogP contribution in [-0.2, 0) is 0 Å². The molecule has 1 aliphatic carbocycles. The number of aromatic nitrogens is 3. The smallest absolute Gasteiger partial charge is 0.192 e. The SMILES string of the molecule is Cc1nc2c(C)c(O)c(-c3ccc4cc(N5CCC(NC6CC6)C5)ncc4n3)cc2o1. The summed E-state index contributed by atoms with van der Waals surface area (Å²) >= 11 is 0. The molecular formula is C24H25N5O2. The minimum absolute atomic E-state index is 0.184. The number of anilines is 1. The lowest BCUT2D eigenvalue weighted by atomic mass is 10.0. The summed E-state index contributed by atoms with van der Waals surface area (Å²) in [5.41, 5.74) is 4.17. The van der Waals surface area contributed by atoms with Crippen LogP contribution in [0.1, 0.15) is 30.7 Å². The van der Waals surface area contributed by atoms with Gasteiger partial charge in [0.05, 0.1) is 17.4 Å². The van der Waals surface area contributed by atoms with Gasteiger partial charge in [-0.05, 0) is 44.4 Å². The van der Waals surface area contributed by atoms with Gasteiger partial charge >= 0.3 is 0 Å². The van der Waals surface area contributed by atoms with Crippen molar-refractivity contribution in [3.63, 3.8) is 0 Å². The predicted octanol–water partition coefficient (Wildman–Crippen LogP) is 4.09. The molecule has 1 atom stereocenters. The number of benzene rings is 1. The van der Waals surface area contributed by atoms with E-state index in [0.29, 0.717) is 39.9 Å². The van der Waals surface area contributed by atoms with Gasteiger partial charge < -0.3 is 19.7 Å². The highest BCUT2D eigenvalue weighted by molar-refractivity contribution is 5.89. The second-order valence-electron chi connectivity index (χ2n) is 8.78. The first kappa shape index (κ1) is 18.6. The largest absolute Gasteiger partial charge is 0.507 e. The molecule has 7 nitrogen and oxygen atoms in total. The van der Waals surface area contributed by atoms with Crippen LogP contribution in [0.3, 0.4) is 0 Å². The van der Waals surface area contributed by atoms with Crippen molar-refractivity contribution in [3.05, 3.63) is 41.9 Å². The summed E-state index contributed by atoms with van der Waals surface area (Å²) in [6.07, 6.45) is 5.63. The molecule has 1 saturated heterocycles. The number of aromatic hydroxyl groups is 1. The Morgan fingerprint density at radius 2 is 1.97 bits per heavy atom. The van der Waals surface area contributed by atoms with Crippen LogP contribution in [0, 0.1) is 13.8 Å². The molecule has 0 radical (unpaired) electrons. The Kier molecular flexibility index (Phi) is 4.14. The van der Waals surface area contributed by atoms with E-state index in [-0.39, 0.29) is 5.75 Å². The zero-order valence-electron chi connectivity index (χ0n) is 17.7. The molecule has 6 rings (SSSR count). The molecular weight excluding hydrogens is 390 g/mol. The van der Waals surface area contributed by atoms with E-state index in [0.717, 1.165) is 42.3 Å². The molecule has 0 amide bonds. The standard InChI is InChI=1S/C24H25N5O2/c1-13-23-21(31-14(2)26-23)10-18(24(13)30)19-6-3-15-9-22(25-11-20(15)28-19)29-8-7-17(12-29)27-16-4-5-16/h3,6,9-11,16-17,27,30H,4-5,7-8,12H2,1-2H3. The van der Waals surface area contributed by atoms with E-state index in [2.05, 4.69) is 21.3 Å². The summed E-state index contributed by atoms with van der Waals surface area (Å²) in [4.78, 5) is 16.2. The van der Waals surface area contributed by atoms with Gasteiger partial charge in [0.1, 0.15) is 17.1 Å². The summed E-state index contributed by atoms with van der Waals surface area (Å²) in [6, 6.07) is 9.20. The molecule has 1 aliphatic heterocycles. The number of hydrogen-bond donors (Lipinski definition) is 2. The molecule has 31 heavy (non-hydrogen) atoms. The number of hydrogen-bond acceptors (Lipinski definition) is 7. The maximum Gasteiger partial charge on any atom is 0.192 e. The van der Waals surface area contributed by atoms with Gasteiger partial charge in [0.2, 0.25) is 0 Å². The molecule has 3 aromatic heterocycles. The number of phenolic OH excluding ortho intramolecular Hbond substituents is 1. The summed E-state index contributed by atoms with van der Waals surface area (Å²) in [7, 11) is 0. The highest BCUT2D eigenvalue weighted by atomic mass is 16.3. The van der Waals surface area contributed by atoms with E-state index < -0.39 is 0 Å². The summed E-state index contributed by atoms with van der Waals surface area (Å²) in [6.45, 7) is 5.68. The highest BCUT2D eigenvalue weighted by Gasteiger charge is 2.29. The lowest BCUT2D eigenvalue weighted by Gasteiger charge is -2.18. The van der Waals surface area contributed by atoms with Crippen molar-refractivity contribution in [2.75, 3.05) is 18.0 Å². The van der Waals surface area contributed by atoms with Crippen LogP contribution in [0.25, 0.3) is 33.3 Å². The normalized spacial score (nSPS) is 19.0. The molecule has 2 N–H and O–H groups in total. The first-order valence-corrected chi connectivity index (χ1v) is 10.9. The minimum Gasteiger partial charge on any atom is -0.507 e. The van der Waals surface area contributed by atoms with Gasteiger partial charge in [0.15, 0.2) is 11.5 Å². The molecule has 1 aromatic carbocycles. The van der Waals surface area contributed by atoms with Crippen molar-refractivity contribution in [1.29, 1.82) is 0 Å². The third-order valence-corrected chi connectivity index (χ3v) is 6.40. The van der Waals surface area contributed by atoms with Crippen LogP contribution >= 0.6 is 0 Å².